The molecule has 1 amide bonds. The smallest absolute Gasteiger partial charge is 0.242 e. The van der Waals surface area contributed by atoms with Crippen molar-refractivity contribution in [3.63, 3.8) is 0 Å². The average Bonchev–Trinajstić information content (AvgIpc) is 3.11. The van der Waals surface area contributed by atoms with Crippen LogP contribution in [0.1, 0.15) is 30.9 Å². The third-order valence-corrected chi connectivity index (χ3v) is 3.52. The van der Waals surface area contributed by atoms with E-state index in [0.717, 1.165) is 29.7 Å². The summed E-state index contributed by atoms with van der Waals surface area (Å²) in [6.45, 7) is 5.23. The van der Waals surface area contributed by atoms with Crippen LogP contribution in [0.15, 0.2) is 18.2 Å². The fourth-order valence-electron chi connectivity index (χ4n) is 2.20. The van der Waals surface area contributed by atoms with Gasteiger partial charge in [0.05, 0.1) is 12.1 Å². The van der Waals surface area contributed by atoms with Crippen molar-refractivity contribution in [3.05, 3.63) is 29.3 Å². The molecule has 0 saturated heterocycles. The molecule has 2 rings (SSSR count). The van der Waals surface area contributed by atoms with Gasteiger partial charge in [0.2, 0.25) is 5.91 Å². The summed E-state index contributed by atoms with van der Waals surface area (Å²) in [5, 5.41) is 0. The van der Waals surface area contributed by atoms with Gasteiger partial charge >= 0.3 is 0 Å². The van der Waals surface area contributed by atoms with Gasteiger partial charge in [0.1, 0.15) is 5.75 Å². The summed E-state index contributed by atoms with van der Waals surface area (Å²) in [4.78, 5) is 13.8. The number of carbonyl (C=O) groups is 1. The highest BCUT2D eigenvalue weighted by Gasteiger charge is 2.47. The van der Waals surface area contributed by atoms with Crippen molar-refractivity contribution in [2.75, 3.05) is 13.7 Å². The summed E-state index contributed by atoms with van der Waals surface area (Å²) in [6.07, 6.45) is 1.61. The van der Waals surface area contributed by atoms with Crippen LogP contribution < -0.4 is 10.5 Å². The zero-order chi connectivity index (χ0) is 14.0. The zero-order valence-electron chi connectivity index (χ0n) is 11.9. The molecule has 0 atom stereocenters. The molecule has 1 aromatic carbocycles. The Balaban J connectivity index is 2.03. The Bertz CT molecular complexity index is 481. The number of aryl methyl sites for hydroxylation is 1. The summed E-state index contributed by atoms with van der Waals surface area (Å²) >= 11 is 0. The SMILES string of the molecule is CCOc1ccc(CN(C)C(=O)C2(N)CC2)cc1C. The maximum atomic E-state index is 12.1. The minimum absolute atomic E-state index is 0.0408. The normalized spacial score (nSPS) is 16.0. The number of rotatable bonds is 5. The second kappa shape index (κ2) is 5.21. The van der Waals surface area contributed by atoms with Gasteiger partial charge in [-0.2, -0.15) is 0 Å². The van der Waals surface area contributed by atoms with Gasteiger partial charge in [-0.05, 0) is 43.9 Å². The van der Waals surface area contributed by atoms with E-state index in [4.69, 9.17) is 10.5 Å². The Labute approximate surface area is 114 Å². The zero-order valence-corrected chi connectivity index (χ0v) is 11.9. The maximum Gasteiger partial charge on any atom is 0.242 e. The van der Waals surface area contributed by atoms with E-state index in [1.54, 1.807) is 11.9 Å². The minimum Gasteiger partial charge on any atom is -0.494 e. The fourth-order valence-corrected chi connectivity index (χ4v) is 2.20. The van der Waals surface area contributed by atoms with Gasteiger partial charge in [-0.1, -0.05) is 12.1 Å². The Hall–Kier alpha value is -1.55. The number of amides is 1. The summed E-state index contributed by atoms with van der Waals surface area (Å²) in [7, 11) is 1.81. The molecule has 0 heterocycles. The van der Waals surface area contributed by atoms with Crippen LogP contribution in [0.2, 0.25) is 0 Å². The number of hydrogen-bond donors (Lipinski definition) is 1. The number of carbonyl (C=O) groups excluding carboxylic acids is 1. The molecular formula is C15H22N2O2. The van der Waals surface area contributed by atoms with Crippen LogP contribution in [0.5, 0.6) is 5.75 Å². The van der Waals surface area contributed by atoms with E-state index < -0.39 is 5.54 Å². The number of nitrogens with two attached hydrogens (primary N) is 1. The van der Waals surface area contributed by atoms with E-state index in [9.17, 15) is 4.79 Å². The van der Waals surface area contributed by atoms with Crippen LogP contribution in [0.25, 0.3) is 0 Å². The van der Waals surface area contributed by atoms with Gasteiger partial charge in [-0.25, -0.2) is 0 Å². The predicted octanol–water partition coefficient (Wildman–Crippen LogP) is 1.84. The molecule has 0 spiro atoms. The third-order valence-electron chi connectivity index (χ3n) is 3.52. The van der Waals surface area contributed by atoms with E-state index >= 15 is 0 Å². The molecule has 19 heavy (non-hydrogen) atoms. The van der Waals surface area contributed by atoms with Crippen molar-refractivity contribution in [1.29, 1.82) is 0 Å². The lowest BCUT2D eigenvalue weighted by Gasteiger charge is -2.21. The summed E-state index contributed by atoms with van der Waals surface area (Å²) in [5.41, 5.74) is 7.53. The lowest BCUT2D eigenvalue weighted by Crippen LogP contribution is -2.43. The van der Waals surface area contributed by atoms with E-state index in [1.807, 2.05) is 26.0 Å². The predicted molar refractivity (Wildman–Crippen MR) is 75.0 cm³/mol. The first kappa shape index (κ1) is 13.9. The lowest BCUT2D eigenvalue weighted by atomic mass is 10.1. The molecule has 0 radical (unpaired) electrons. The fraction of sp³-hybridized carbons (Fsp3) is 0.533. The van der Waals surface area contributed by atoms with Gasteiger partial charge in [0, 0.05) is 13.6 Å². The van der Waals surface area contributed by atoms with Gasteiger partial charge in [0.25, 0.3) is 0 Å². The molecule has 1 fully saturated rings. The van der Waals surface area contributed by atoms with Gasteiger partial charge in [-0.3, -0.25) is 4.79 Å². The minimum atomic E-state index is -0.588. The molecule has 1 aromatic rings. The molecule has 1 saturated carbocycles. The van der Waals surface area contributed by atoms with Crippen molar-refractivity contribution in [2.45, 2.75) is 38.8 Å². The topological polar surface area (TPSA) is 55.6 Å². The van der Waals surface area contributed by atoms with Crippen molar-refractivity contribution < 1.29 is 9.53 Å². The Morgan fingerprint density at radius 2 is 2.16 bits per heavy atom. The van der Waals surface area contributed by atoms with Crippen LogP contribution >= 0.6 is 0 Å². The van der Waals surface area contributed by atoms with Crippen molar-refractivity contribution in [1.82, 2.24) is 4.90 Å². The maximum absolute atomic E-state index is 12.1. The van der Waals surface area contributed by atoms with E-state index in [2.05, 4.69) is 6.07 Å². The van der Waals surface area contributed by atoms with E-state index in [-0.39, 0.29) is 5.91 Å². The molecule has 1 aliphatic rings. The molecule has 104 valence electrons. The van der Waals surface area contributed by atoms with Crippen LogP contribution in [-0.4, -0.2) is 30.0 Å². The third kappa shape index (κ3) is 3.07. The van der Waals surface area contributed by atoms with E-state index in [0.29, 0.717) is 13.2 Å². The highest BCUT2D eigenvalue weighted by molar-refractivity contribution is 5.88. The molecular weight excluding hydrogens is 240 g/mol. The summed E-state index contributed by atoms with van der Waals surface area (Å²) in [6, 6.07) is 6.02. The highest BCUT2D eigenvalue weighted by Crippen LogP contribution is 2.34. The largest absolute Gasteiger partial charge is 0.494 e. The van der Waals surface area contributed by atoms with E-state index in [1.165, 1.54) is 0 Å². The first-order valence-electron chi connectivity index (χ1n) is 6.73. The van der Waals surface area contributed by atoms with Crippen molar-refractivity contribution >= 4 is 5.91 Å². The van der Waals surface area contributed by atoms with Gasteiger partial charge < -0.3 is 15.4 Å². The number of likely N-dealkylation sites (N-methyl/N-ethyl adjacent to an activating group) is 1. The first-order chi connectivity index (χ1) is 8.96. The Morgan fingerprint density at radius 3 is 2.68 bits per heavy atom. The molecule has 0 bridgehead atoms. The second-order valence-corrected chi connectivity index (χ2v) is 5.35. The van der Waals surface area contributed by atoms with Crippen LogP contribution in [0.4, 0.5) is 0 Å². The Morgan fingerprint density at radius 1 is 1.47 bits per heavy atom. The van der Waals surface area contributed by atoms with Crippen molar-refractivity contribution in [3.8, 4) is 5.75 Å². The highest BCUT2D eigenvalue weighted by atomic mass is 16.5. The Kier molecular flexibility index (Phi) is 3.80. The molecule has 2 N–H and O–H groups in total. The quantitative estimate of drug-likeness (QED) is 0.881. The molecule has 0 aromatic heterocycles. The first-order valence-corrected chi connectivity index (χ1v) is 6.73. The van der Waals surface area contributed by atoms with Crippen LogP contribution in [0, 0.1) is 6.92 Å². The number of hydrogen-bond acceptors (Lipinski definition) is 3. The molecule has 0 unspecified atom stereocenters. The van der Waals surface area contributed by atoms with Gasteiger partial charge in [0.15, 0.2) is 0 Å². The standard InChI is InChI=1S/C15H22N2O2/c1-4-19-13-6-5-12(9-11(13)2)10-17(3)14(18)15(16)7-8-15/h5-6,9H,4,7-8,10,16H2,1-3H3. The molecule has 4 nitrogen and oxygen atoms in total. The summed E-state index contributed by atoms with van der Waals surface area (Å²) in [5.74, 6) is 0.941. The second-order valence-electron chi connectivity index (χ2n) is 5.35. The van der Waals surface area contributed by atoms with Gasteiger partial charge in [-0.15, -0.1) is 0 Å². The monoisotopic (exact) mass is 262 g/mol. The number of ether oxygens (including phenoxy) is 1. The van der Waals surface area contributed by atoms with Crippen LogP contribution in [0.3, 0.4) is 0 Å². The average molecular weight is 262 g/mol. The molecule has 4 heteroatoms. The number of benzene rings is 1. The van der Waals surface area contributed by atoms with Crippen molar-refractivity contribution in [2.24, 2.45) is 5.73 Å². The number of nitrogens with zero attached hydrogens (tertiary/aromatic N) is 1. The lowest BCUT2D eigenvalue weighted by molar-refractivity contribution is -0.132. The summed E-state index contributed by atoms with van der Waals surface area (Å²) < 4.78 is 5.51. The van der Waals surface area contributed by atoms with Crippen LogP contribution in [-0.2, 0) is 11.3 Å². The molecule has 1 aliphatic carbocycles. The molecule has 0 aliphatic heterocycles.